The second kappa shape index (κ2) is 9.63. The molecule has 1 amide bonds. The van der Waals surface area contributed by atoms with Gasteiger partial charge >= 0.3 is 0 Å². The number of piperidine rings is 1. The van der Waals surface area contributed by atoms with Crippen LogP contribution in [-0.2, 0) is 17.6 Å². The lowest BCUT2D eigenvalue weighted by Gasteiger charge is -2.36. The summed E-state index contributed by atoms with van der Waals surface area (Å²) in [4.78, 5) is 25.0. The van der Waals surface area contributed by atoms with Gasteiger partial charge in [0.2, 0.25) is 5.91 Å². The fourth-order valence-electron chi connectivity index (χ4n) is 4.37. The van der Waals surface area contributed by atoms with Gasteiger partial charge in [-0.2, -0.15) is 0 Å². The predicted octanol–water partition coefficient (Wildman–Crippen LogP) is 5.31. The van der Waals surface area contributed by atoms with Crippen LogP contribution in [0.1, 0.15) is 72.6 Å². The Morgan fingerprint density at radius 3 is 2.62 bits per heavy atom. The van der Waals surface area contributed by atoms with E-state index in [0.717, 1.165) is 72.6 Å². The molecule has 2 aromatic heterocycles. The summed E-state index contributed by atoms with van der Waals surface area (Å²) in [5, 5.41) is 4.14. The van der Waals surface area contributed by atoms with Crippen LogP contribution in [0.15, 0.2) is 35.0 Å². The topological polar surface area (TPSA) is 72.1 Å². The highest BCUT2D eigenvalue weighted by Crippen LogP contribution is 2.37. The average Bonchev–Trinajstić information content (AvgIpc) is 3.13. The zero-order valence-corrected chi connectivity index (χ0v) is 19.5. The Morgan fingerprint density at radius 2 is 1.94 bits per heavy atom. The van der Waals surface area contributed by atoms with Gasteiger partial charge in [0.05, 0.1) is 29.4 Å². The fraction of sp³-hybridized carbons (Fsp3) is 0.462. The maximum atomic E-state index is 13.4. The Bertz CT molecular complexity index is 1090. The minimum absolute atomic E-state index is 0.0832. The molecule has 0 spiro atoms. The van der Waals surface area contributed by atoms with Crippen LogP contribution in [0.5, 0.6) is 0 Å². The van der Waals surface area contributed by atoms with Gasteiger partial charge in [-0.05, 0) is 52.0 Å². The first-order valence-corrected chi connectivity index (χ1v) is 11.6. The normalized spacial score (nSPS) is 16.4. The molecule has 0 bridgehead atoms. The lowest BCUT2D eigenvalue weighted by Crippen LogP contribution is -2.40. The minimum Gasteiger partial charge on any atom is -0.356 e. The van der Waals surface area contributed by atoms with Crippen LogP contribution in [0, 0.1) is 20.8 Å². The van der Waals surface area contributed by atoms with Gasteiger partial charge in [-0.15, -0.1) is 0 Å². The van der Waals surface area contributed by atoms with Gasteiger partial charge in [-0.3, -0.25) is 4.79 Å². The number of rotatable bonds is 6. The van der Waals surface area contributed by atoms with Crippen molar-refractivity contribution in [2.24, 2.45) is 0 Å². The summed E-state index contributed by atoms with van der Waals surface area (Å²) in [6, 6.07) is 8.13. The van der Waals surface area contributed by atoms with Crippen molar-refractivity contribution >= 4 is 5.91 Å². The molecule has 1 aromatic carbocycles. The molecule has 0 saturated carbocycles. The highest BCUT2D eigenvalue weighted by atomic mass is 16.5. The maximum absolute atomic E-state index is 13.4. The number of nitrogens with zero attached hydrogens (tertiary/aromatic N) is 4. The van der Waals surface area contributed by atoms with E-state index in [9.17, 15) is 4.79 Å². The van der Waals surface area contributed by atoms with Crippen molar-refractivity contribution in [2.45, 2.75) is 72.3 Å². The number of carbonyl (C=O) groups is 1. The summed E-state index contributed by atoms with van der Waals surface area (Å²) in [6.07, 6.45) is 7.02. The van der Waals surface area contributed by atoms with Gasteiger partial charge in [0.1, 0.15) is 5.82 Å². The first-order valence-electron chi connectivity index (χ1n) is 11.6. The monoisotopic (exact) mass is 432 g/mol. The van der Waals surface area contributed by atoms with Crippen molar-refractivity contribution in [3.63, 3.8) is 0 Å². The number of aromatic nitrogens is 3. The van der Waals surface area contributed by atoms with Crippen LogP contribution >= 0.6 is 0 Å². The second-order valence-corrected chi connectivity index (χ2v) is 8.82. The Hall–Kier alpha value is -3.02. The molecule has 1 aliphatic rings. The van der Waals surface area contributed by atoms with E-state index in [1.165, 1.54) is 5.56 Å². The lowest BCUT2D eigenvalue weighted by atomic mass is 9.94. The molecule has 4 rings (SSSR count). The number of aryl methyl sites for hydroxylation is 3. The Labute approximate surface area is 190 Å². The van der Waals surface area contributed by atoms with Crippen LogP contribution < -0.4 is 0 Å². The predicted molar refractivity (Wildman–Crippen MR) is 124 cm³/mol. The molecule has 1 aliphatic heterocycles. The molecule has 3 heterocycles. The molecule has 1 fully saturated rings. The van der Waals surface area contributed by atoms with Gasteiger partial charge < -0.3 is 9.42 Å². The SMILES string of the molecule is CCCc1ncc(-c2onc(C)c2C)c([C@H]2CCCCN2C(=O)Cc2ccc(C)cc2)n1. The van der Waals surface area contributed by atoms with Crippen LogP contribution in [0.4, 0.5) is 0 Å². The summed E-state index contributed by atoms with van der Waals surface area (Å²) in [5.74, 6) is 1.67. The minimum atomic E-state index is -0.0832. The molecular weight excluding hydrogens is 400 g/mol. The van der Waals surface area contributed by atoms with Gasteiger partial charge in [-0.1, -0.05) is 41.9 Å². The van der Waals surface area contributed by atoms with Crippen molar-refractivity contribution in [1.82, 2.24) is 20.0 Å². The molecule has 3 aromatic rings. The van der Waals surface area contributed by atoms with Crippen molar-refractivity contribution in [1.29, 1.82) is 0 Å². The molecular formula is C26H32N4O2. The summed E-state index contributed by atoms with van der Waals surface area (Å²) in [7, 11) is 0. The number of likely N-dealkylation sites (tertiary alicyclic amines) is 1. The smallest absolute Gasteiger partial charge is 0.227 e. The van der Waals surface area contributed by atoms with Crippen molar-refractivity contribution < 1.29 is 9.32 Å². The van der Waals surface area contributed by atoms with E-state index in [-0.39, 0.29) is 11.9 Å². The van der Waals surface area contributed by atoms with Gasteiger partial charge in [0, 0.05) is 24.7 Å². The summed E-state index contributed by atoms with van der Waals surface area (Å²) in [6.45, 7) is 8.87. The van der Waals surface area contributed by atoms with Crippen LogP contribution in [-0.4, -0.2) is 32.5 Å². The number of benzene rings is 1. The highest BCUT2D eigenvalue weighted by molar-refractivity contribution is 5.80. The van der Waals surface area contributed by atoms with Crippen molar-refractivity contribution in [2.75, 3.05) is 6.54 Å². The number of amides is 1. The van der Waals surface area contributed by atoms with E-state index in [4.69, 9.17) is 9.51 Å². The van der Waals surface area contributed by atoms with E-state index < -0.39 is 0 Å². The number of hydrogen-bond acceptors (Lipinski definition) is 5. The van der Waals surface area contributed by atoms with E-state index >= 15 is 0 Å². The third kappa shape index (κ3) is 4.59. The largest absolute Gasteiger partial charge is 0.356 e. The molecule has 0 unspecified atom stereocenters. The molecule has 0 radical (unpaired) electrons. The van der Waals surface area contributed by atoms with E-state index in [0.29, 0.717) is 12.2 Å². The van der Waals surface area contributed by atoms with E-state index in [2.05, 4.69) is 36.1 Å². The zero-order chi connectivity index (χ0) is 22.7. The van der Waals surface area contributed by atoms with Crippen molar-refractivity contribution in [3.8, 4) is 11.3 Å². The Balaban J connectivity index is 1.71. The average molecular weight is 433 g/mol. The van der Waals surface area contributed by atoms with Gasteiger partial charge in [0.15, 0.2) is 5.76 Å². The number of carbonyl (C=O) groups excluding carboxylic acids is 1. The number of hydrogen-bond donors (Lipinski definition) is 0. The van der Waals surface area contributed by atoms with Gasteiger partial charge in [-0.25, -0.2) is 9.97 Å². The van der Waals surface area contributed by atoms with Crippen LogP contribution in [0.2, 0.25) is 0 Å². The van der Waals surface area contributed by atoms with Crippen LogP contribution in [0.3, 0.4) is 0 Å². The summed E-state index contributed by atoms with van der Waals surface area (Å²) in [5.41, 5.74) is 5.83. The zero-order valence-electron chi connectivity index (χ0n) is 19.5. The molecule has 6 heteroatoms. The first kappa shape index (κ1) is 22.2. The van der Waals surface area contributed by atoms with E-state index in [1.807, 2.05) is 37.1 Å². The summed E-state index contributed by atoms with van der Waals surface area (Å²) < 4.78 is 5.68. The molecule has 32 heavy (non-hydrogen) atoms. The lowest BCUT2D eigenvalue weighted by molar-refractivity contribution is -0.134. The summed E-state index contributed by atoms with van der Waals surface area (Å²) >= 11 is 0. The molecule has 6 nitrogen and oxygen atoms in total. The highest BCUT2D eigenvalue weighted by Gasteiger charge is 2.32. The van der Waals surface area contributed by atoms with Crippen molar-refractivity contribution in [3.05, 3.63) is 64.4 Å². The molecule has 168 valence electrons. The third-order valence-electron chi connectivity index (χ3n) is 6.36. The van der Waals surface area contributed by atoms with Crippen LogP contribution in [0.25, 0.3) is 11.3 Å². The molecule has 1 atom stereocenters. The standard InChI is InChI=1S/C26H32N4O2/c1-5-8-23-27-16-21(26-18(3)19(4)29-32-26)25(28-23)22-9-6-7-14-30(22)24(31)15-20-12-10-17(2)11-13-20/h10-13,16,22H,5-9,14-15H2,1-4H3/t22-/m1/s1. The Morgan fingerprint density at radius 1 is 1.16 bits per heavy atom. The van der Waals surface area contributed by atoms with E-state index in [1.54, 1.807) is 0 Å². The molecule has 0 aliphatic carbocycles. The fourth-order valence-corrected chi connectivity index (χ4v) is 4.37. The maximum Gasteiger partial charge on any atom is 0.227 e. The second-order valence-electron chi connectivity index (χ2n) is 8.82. The first-order chi connectivity index (χ1) is 15.5. The molecule has 1 saturated heterocycles. The quantitative estimate of drug-likeness (QED) is 0.528. The Kier molecular flexibility index (Phi) is 6.68. The third-order valence-corrected chi connectivity index (χ3v) is 6.36. The molecule has 0 N–H and O–H groups in total. The van der Waals surface area contributed by atoms with Gasteiger partial charge in [0.25, 0.3) is 0 Å².